The van der Waals surface area contributed by atoms with Crippen LogP contribution in [-0.4, -0.2) is 21.9 Å². The summed E-state index contributed by atoms with van der Waals surface area (Å²) in [6.45, 7) is 2.00. The van der Waals surface area contributed by atoms with Gasteiger partial charge in [-0.25, -0.2) is 0 Å². The van der Waals surface area contributed by atoms with Gasteiger partial charge in [0.05, 0.1) is 28.4 Å². The van der Waals surface area contributed by atoms with Crippen LogP contribution in [0.5, 0.6) is 0 Å². The summed E-state index contributed by atoms with van der Waals surface area (Å²) in [6.07, 6.45) is 3.10. The number of hydrogen-bond acceptors (Lipinski definition) is 4. The number of hydrogen-bond donors (Lipinski definition) is 2. The van der Waals surface area contributed by atoms with Crippen LogP contribution in [0.25, 0.3) is 0 Å². The van der Waals surface area contributed by atoms with Crippen molar-refractivity contribution in [2.75, 3.05) is 12.3 Å². The highest BCUT2D eigenvalue weighted by atomic mass is 35.5. The SMILES string of the molecule is CC(CO)Sc1c(N)cncc1Cl. The van der Waals surface area contributed by atoms with Crippen molar-refractivity contribution in [3.8, 4) is 0 Å². The van der Waals surface area contributed by atoms with Crippen molar-refractivity contribution in [3.05, 3.63) is 17.4 Å². The molecule has 0 saturated heterocycles. The number of pyridine rings is 1. The molecule has 1 heterocycles. The fourth-order valence-electron chi connectivity index (χ4n) is 0.801. The van der Waals surface area contributed by atoms with E-state index in [1.165, 1.54) is 11.8 Å². The average molecular weight is 219 g/mol. The Balaban J connectivity index is 2.87. The zero-order valence-corrected chi connectivity index (χ0v) is 8.77. The van der Waals surface area contributed by atoms with E-state index in [1.54, 1.807) is 12.4 Å². The zero-order chi connectivity index (χ0) is 9.84. The highest BCUT2D eigenvalue weighted by Crippen LogP contribution is 2.33. The van der Waals surface area contributed by atoms with Gasteiger partial charge in [0.15, 0.2) is 0 Å². The van der Waals surface area contributed by atoms with E-state index in [1.807, 2.05) is 6.92 Å². The second-order valence-corrected chi connectivity index (χ2v) is 4.51. The first kappa shape index (κ1) is 10.6. The van der Waals surface area contributed by atoms with Crippen molar-refractivity contribution in [1.29, 1.82) is 0 Å². The van der Waals surface area contributed by atoms with Crippen LogP contribution >= 0.6 is 23.4 Å². The van der Waals surface area contributed by atoms with Crippen molar-refractivity contribution in [1.82, 2.24) is 4.98 Å². The Kier molecular flexibility index (Phi) is 3.84. The van der Waals surface area contributed by atoms with E-state index in [-0.39, 0.29) is 11.9 Å². The second kappa shape index (κ2) is 4.69. The van der Waals surface area contributed by atoms with E-state index in [9.17, 15) is 0 Å². The molecule has 3 N–H and O–H groups in total. The Morgan fingerprint density at radius 3 is 2.92 bits per heavy atom. The number of anilines is 1. The number of nitrogen functional groups attached to an aromatic ring is 1. The Labute approximate surface area is 86.3 Å². The molecule has 5 heteroatoms. The van der Waals surface area contributed by atoms with Gasteiger partial charge in [-0.2, -0.15) is 0 Å². The molecule has 1 aromatic rings. The van der Waals surface area contributed by atoms with Crippen LogP contribution in [0.1, 0.15) is 6.92 Å². The smallest absolute Gasteiger partial charge is 0.0746 e. The fraction of sp³-hybridized carbons (Fsp3) is 0.375. The first-order valence-electron chi connectivity index (χ1n) is 3.81. The van der Waals surface area contributed by atoms with Crippen LogP contribution in [-0.2, 0) is 0 Å². The Morgan fingerprint density at radius 2 is 2.38 bits per heavy atom. The number of aliphatic hydroxyl groups is 1. The fourth-order valence-corrected chi connectivity index (χ4v) is 1.93. The maximum absolute atomic E-state index is 8.86. The lowest BCUT2D eigenvalue weighted by Gasteiger charge is -2.10. The summed E-state index contributed by atoms with van der Waals surface area (Å²) in [5.41, 5.74) is 6.23. The number of halogens is 1. The molecule has 1 rings (SSSR count). The quantitative estimate of drug-likeness (QED) is 0.760. The number of nitrogens with two attached hydrogens (primary N) is 1. The number of aliphatic hydroxyl groups excluding tert-OH is 1. The van der Waals surface area contributed by atoms with Crippen LogP contribution in [0, 0.1) is 0 Å². The van der Waals surface area contributed by atoms with E-state index in [4.69, 9.17) is 22.4 Å². The number of rotatable bonds is 3. The van der Waals surface area contributed by atoms with E-state index in [2.05, 4.69) is 4.98 Å². The van der Waals surface area contributed by atoms with E-state index in [0.29, 0.717) is 10.7 Å². The molecule has 0 aromatic carbocycles. The summed E-state index contributed by atoms with van der Waals surface area (Å²) >= 11 is 7.34. The summed E-state index contributed by atoms with van der Waals surface area (Å²) in [4.78, 5) is 4.63. The van der Waals surface area contributed by atoms with Crippen molar-refractivity contribution in [3.63, 3.8) is 0 Å². The summed E-state index contributed by atoms with van der Waals surface area (Å²) in [5, 5.41) is 9.48. The third kappa shape index (κ3) is 2.76. The molecule has 72 valence electrons. The van der Waals surface area contributed by atoms with Gasteiger partial charge in [0.25, 0.3) is 0 Å². The lowest BCUT2D eigenvalue weighted by molar-refractivity contribution is 0.300. The van der Waals surface area contributed by atoms with E-state index >= 15 is 0 Å². The van der Waals surface area contributed by atoms with Gasteiger partial charge in [-0.05, 0) is 0 Å². The van der Waals surface area contributed by atoms with Gasteiger partial charge in [-0.1, -0.05) is 18.5 Å². The molecule has 0 aliphatic carbocycles. The molecule has 0 amide bonds. The van der Waals surface area contributed by atoms with Crippen LogP contribution in [0.4, 0.5) is 5.69 Å². The molecule has 0 saturated carbocycles. The highest BCUT2D eigenvalue weighted by Gasteiger charge is 2.09. The van der Waals surface area contributed by atoms with Gasteiger partial charge in [0.2, 0.25) is 0 Å². The molecule has 13 heavy (non-hydrogen) atoms. The second-order valence-electron chi connectivity index (χ2n) is 2.65. The normalized spacial score (nSPS) is 12.8. The molecule has 0 spiro atoms. The summed E-state index contributed by atoms with van der Waals surface area (Å²) in [5.74, 6) is 0. The topological polar surface area (TPSA) is 59.1 Å². The lowest BCUT2D eigenvalue weighted by Crippen LogP contribution is -2.03. The molecule has 0 radical (unpaired) electrons. The van der Waals surface area contributed by atoms with Gasteiger partial charge < -0.3 is 10.8 Å². The maximum Gasteiger partial charge on any atom is 0.0746 e. The minimum absolute atomic E-state index is 0.0854. The van der Waals surface area contributed by atoms with Crippen molar-refractivity contribution in [2.45, 2.75) is 17.1 Å². The van der Waals surface area contributed by atoms with Crippen LogP contribution in [0.2, 0.25) is 5.02 Å². The van der Waals surface area contributed by atoms with Gasteiger partial charge in [0, 0.05) is 11.4 Å². The van der Waals surface area contributed by atoms with Crippen molar-refractivity contribution < 1.29 is 5.11 Å². The zero-order valence-electron chi connectivity index (χ0n) is 7.20. The summed E-state index contributed by atoms with van der Waals surface area (Å²) < 4.78 is 0. The van der Waals surface area contributed by atoms with Crippen molar-refractivity contribution >= 4 is 29.1 Å². The summed E-state index contributed by atoms with van der Waals surface area (Å²) in [7, 11) is 0. The third-order valence-electron chi connectivity index (χ3n) is 1.46. The number of aromatic nitrogens is 1. The number of nitrogens with zero attached hydrogens (tertiary/aromatic N) is 1. The van der Waals surface area contributed by atoms with Crippen molar-refractivity contribution in [2.24, 2.45) is 0 Å². The molecule has 0 bridgehead atoms. The van der Waals surface area contributed by atoms with Gasteiger partial charge in [-0.15, -0.1) is 11.8 Å². The molecular formula is C8H11ClN2OS. The Morgan fingerprint density at radius 1 is 1.69 bits per heavy atom. The molecule has 1 unspecified atom stereocenters. The average Bonchev–Trinajstić information content (AvgIpc) is 2.11. The molecule has 0 aliphatic rings. The molecule has 1 aromatic heterocycles. The van der Waals surface area contributed by atoms with Crippen LogP contribution < -0.4 is 5.73 Å². The molecule has 1 atom stereocenters. The number of thioether (sulfide) groups is 1. The first-order chi connectivity index (χ1) is 6.15. The minimum Gasteiger partial charge on any atom is -0.397 e. The lowest BCUT2D eigenvalue weighted by atomic mass is 10.4. The molecule has 3 nitrogen and oxygen atoms in total. The predicted molar refractivity (Wildman–Crippen MR) is 56.1 cm³/mol. The van der Waals surface area contributed by atoms with Gasteiger partial charge >= 0.3 is 0 Å². The minimum atomic E-state index is 0.0854. The monoisotopic (exact) mass is 218 g/mol. The molecule has 0 aliphatic heterocycles. The van der Waals surface area contributed by atoms with Crippen LogP contribution in [0.3, 0.4) is 0 Å². The first-order valence-corrected chi connectivity index (χ1v) is 5.07. The van der Waals surface area contributed by atoms with E-state index in [0.717, 1.165) is 4.90 Å². The highest BCUT2D eigenvalue weighted by molar-refractivity contribution is 8.00. The third-order valence-corrected chi connectivity index (χ3v) is 3.10. The van der Waals surface area contributed by atoms with Crippen LogP contribution in [0.15, 0.2) is 17.3 Å². The Bertz CT molecular complexity index is 275. The standard InChI is InChI=1S/C8H11ClN2OS/c1-5(4-12)13-8-6(9)2-11-3-7(8)10/h2-3,5,12H,4,10H2,1H3. The Hall–Kier alpha value is -0.450. The maximum atomic E-state index is 8.86. The predicted octanol–water partition coefficient (Wildman–Crippen LogP) is 1.79. The largest absolute Gasteiger partial charge is 0.397 e. The van der Waals surface area contributed by atoms with Gasteiger partial charge in [0.1, 0.15) is 0 Å². The van der Waals surface area contributed by atoms with Gasteiger partial charge in [-0.3, -0.25) is 4.98 Å². The van der Waals surface area contributed by atoms with E-state index < -0.39 is 0 Å². The summed E-state index contributed by atoms with van der Waals surface area (Å²) in [6, 6.07) is 0. The molecule has 0 fully saturated rings. The molecular weight excluding hydrogens is 208 g/mol.